The summed E-state index contributed by atoms with van der Waals surface area (Å²) in [6.07, 6.45) is 0.396. The molecule has 1 unspecified atom stereocenters. The molecule has 3 nitrogen and oxygen atoms in total. The Hall–Kier alpha value is -1.20. The van der Waals surface area contributed by atoms with Gasteiger partial charge in [0.15, 0.2) is 11.6 Å². The maximum absolute atomic E-state index is 12.8. The summed E-state index contributed by atoms with van der Waals surface area (Å²) in [7, 11) is 0. The van der Waals surface area contributed by atoms with E-state index in [2.05, 4.69) is 0 Å². The Labute approximate surface area is 92.8 Å². The summed E-state index contributed by atoms with van der Waals surface area (Å²) in [6, 6.07) is 3.32. The fourth-order valence-corrected chi connectivity index (χ4v) is 1.22. The molecule has 0 aliphatic carbocycles. The van der Waals surface area contributed by atoms with Gasteiger partial charge < -0.3 is 15.6 Å². The van der Waals surface area contributed by atoms with E-state index in [4.69, 9.17) is 10.5 Å². The number of hydrogen-bond donors (Lipinski definition) is 2. The molecule has 1 rings (SSSR count). The van der Waals surface area contributed by atoms with Gasteiger partial charge in [-0.25, -0.2) is 8.78 Å². The van der Waals surface area contributed by atoms with Crippen LogP contribution in [0.4, 0.5) is 8.78 Å². The van der Waals surface area contributed by atoms with Gasteiger partial charge >= 0.3 is 0 Å². The van der Waals surface area contributed by atoms with Crippen LogP contribution >= 0.6 is 0 Å². The van der Waals surface area contributed by atoms with Crippen molar-refractivity contribution >= 4 is 0 Å². The Morgan fingerprint density at radius 3 is 2.62 bits per heavy atom. The first-order valence-corrected chi connectivity index (χ1v) is 5.09. The van der Waals surface area contributed by atoms with Gasteiger partial charge in [0, 0.05) is 12.5 Å². The van der Waals surface area contributed by atoms with Crippen LogP contribution in [0.5, 0.6) is 5.75 Å². The van der Waals surface area contributed by atoms with Gasteiger partial charge in [0.25, 0.3) is 0 Å². The van der Waals surface area contributed by atoms with E-state index in [1.54, 1.807) is 0 Å². The highest BCUT2D eigenvalue weighted by atomic mass is 19.2. The first-order chi connectivity index (χ1) is 7.63. The minimum absolute atomic E-state index is 0.242. The highest BCUT2D eigenvalue weighted by molar-refractivity contribution is 5.23. The van der Waals surface area contributed by atoms with Crippen LogP contribution in [0.1, 0.15) is 12.8 Å². The number of aliphatic hydroxyl groups is 1. The van der Waals surface area contributed by atoms with E-state index in [9.17, 15) is 13.9 Å². The van der Waals surface area contributed by atoms with E-state index >= 15 is 0 Å². The summed E-state index contributed by atoms with van der Waals surface area (Å²) >= 11 is 0. The molecular weight excluding hydrogens is 216 g/mol. The van der Waals surface area contributed by atoms with Crippen molar-refractivity contribution < 1.29 is 18.6 Å². The van der Waals surface area contributed by atoms with Gasteiger partial charge in [0.1, 0.15) is 5.75 Å². The fraction of sp³-hybridized carbons (Fsp3) is 0.455. The minimum Gasteiger partial charge on any atom is -0.493 e. The number of hydrogen-bond acceptors (Lipinski definition) is 3. The minimum atomic E-state index is -0.944. The second-order valence-electron chi connectivity index (χ2n) is 3.44. The lowest BCUT2D eigenvalue weighted by Gasteiger charge is -2.10. The number of rotatable bonds is 6. The normalized spacial score (nSPS) is 12.5. The largest absolute Gasteiger partial charge is 0.493 e. The van der Waals surface area contributed by atoms with Crippen molar-refractivity contribution in [3.05, 3.63) is 29.8 Å². The van der Waals surface area contributed by atoms with E-state index in [1.165, 1.54) is 6.07 Å². The topological polar surface area (TPSA) is 55.5 Å². The monoisotopic (exact) mass is 231 g/mol. The Bertz CT molecular complexity index is 334. The van der Waals surface area contributed by atoms with Crippen molar-refractivity contribution in [2.24, 2.45) is 5.73 Å². The molecule has 0 fully saturated rings. The van der Waals surface area contributed by atoms with Crippen LogP contribution in [0.15, 0.2) is 18.2 Å². The summed E-state index contributed by atoms with van der Waals surface area (Å²) in [6.45, 7) is 0.651. The third-order valence-electron chi connectivity index (χ3n) is 2.11. The third-order valence-corrected chi connectivity index (χ3v) is 2.11. The van der Waals surface area contributed by atoms with Crippen molar-refractivity contribution in [2.75, 3.05) is 13.2 Å². The molecule has 1 atom stereocenters. The van der Waals surface area contributed by atoms with Crippen molar-refractivity contribution in [1.29, 1.82) is 0 Å². The van der Waals surface area contributed by atoms with Crippen LogP contribution in [0.25, 0.3) is 0 Å². The van der Waals surface area contributed by atoms with E-state index in [-0.39, 0.29) is 12.4 Å². The smallest absolute Gasteiger partial charge is 0.162 e. The van der Waals surface area contributed by atoms with Crippen LogP contribution < -0.4 is 10.5 Å². The van der Waals surface area contributed by atoms with E-state index < -0.39 is 17.7 Å². The molecule has 0 aromatic heterocycles. The molecule has 0 saturated carbocycles. The zero-order chi connectivity index (χ0) is 12.0. The first-order valence-electron chi connectivity index (χ1n) is 5.09. The third kappa shape index (κ3) is 4.12. The van der Waals surface area contributed by atoms with Gasteiger partial charge in [-0.05, 0) is 25.1 Å². The standard InChI is InChI=1S/C11H15F2NO2/c12-10-2-1-9(7-11(10)13)16-6-4-8(15)3-5-14/h1-2,7-8,15H,3-6,14H2. The SMILES string of the molecule is NCCC(O)CCOc1ccc(F)c(F)c1. The molecule has 0 bridgehead atoms. The lowest BCUT2D eigenvalue weighted by Crippen LogP contribution is -2.16. The van der Waals surface area contributed by atoms with Crippen molar-refractivity contribution in [3.8, 4) is 5.75 Å². The predicted molar refractivity (Wildman–Crippen MR) is 56.1 cm³/mol. The highest BCUT2D eigenvalue weighted by Gasteiger charge is 2.05. The molecule has 16 heavy (non-hydrogen) atoms. The van der Waals surface area contributed by atoms with Gasteiger partial charge in [0.2, 0.25) is 0 Å². The lowest BCUT2D eigenvalue weighted by molar-refractivity contribution is 0.133. The first kappa shape index (κ1) is 12.9. The summed E-state index contributed by atoms with van der Waals surface area (Å²) in [5.41, 5.74) is 5.26. The van der Waals surface area contributed by atoms with Crippen LogP contribution in [-0.4, -0.2) is 24.4 Å². The van der Waals surface area contributed by atoms with Crippen LogP contribution in [0, 0.1) is 11.6 Å². The molecule has 0 spiro atoms. The van der Waals surface area contributed by atoms with Crippen LogP contribution in [-0.2, 0) is 0 Å². The molecule has 1 aromatic rings. The van der Waals surface area contributed by atoms with E-state index in [0.717, 1.165) is 12.1 Å². The Kier molecular flexibility index (Phi) is 5.14. The Balaban J connectivity index is 2.34. The van der Waals surface area contributed by atoms with Crippen molar-refractivity contribution in [2.45, 2.75) is 18.9 Å². The zero-order valence-corrected chi connectivity index (χ0v) is 8.83. The molecule has 0 amide bonds. The summed E-state index contributed by atoms with van der Waals surface area (Å²) in [5, 5.41) is 9.33. The van der Waals surface area contributed by atoms with Crippen molar-refractivity contribution in [1.82, 2.24) is 0 Å². The number of ether oxygens (including phenoxy) is 1. The summed E-state index contributed by atoms with van der Waals surface area (Å²) in [4.78, 5) is 0. The highest BCUT2D eigenvalue weighted by Crippen LogP contribution is 2.15. The molecular formula is C11H15F2NO2. The molecule has 0 radical (unpaired) electrons. The molecule has 90 valence electrons. The average Bonchev–Trinajstić information content (AvgIpc) is 2.24. The van der Waals surface area contributed by atoms with Gasteiger partial charge in [-0.2, -0.15) is 0 Å². The predicted octanol–water partition coefficient (Wildman–Crippen LogP) is 1.44. The summed E-state index contributed by atoms with van der Waals surface area (Å²) < 4.78 is 30.5. The average molecular weight is 231 g/mol. The maximum atomic E-state index is 12.8. The molecule has 0 aliphatic heterocycles. The number of nitrogens with two attached hydrogens (primary N) is 1. The molecule has 3 N–H and O–H groups in total. The van der Waals surface area contributed by atoms with E-state index in [0.29, 0.717) is 19.4 Å². The fourth-order valence-electron chi connectivity index (χ4n) is 1.22. The van der Waals surface area contributed by atoms with Gasteiger partial charge in [-0.1, -0.05) is 0 Å². The lowest BCUT2D eigenvalue weighted by atomic mass is 10.2. The quantitative estimate of drug-likeness (QED) is 0.779. The van der Waals surface area contributed by atoms with Gasteiger partial charge in [0.05, 0.1) is 12.7 Å². The second-order valence-corrected chi connectivity index (χ2v) is 3.44. The van der Waals surface area contributed by atoms with Crippen LogP contribution in [0.2, 0.25) is 0 Å². The van der Waals surface area contributed by atoms with Crippen LogP contribution in [0.3, 0.4) is 0 Å². The molecule has 5 heteroatoms. The number of halogens is 2. The van der Waals surface area contributed by atoms with E-state index in [1.807, 2.05) is 0 Å². The number of aliphatic hydroxyl groups excluding tert-OH is 1. The molecule has 1 aromatic carbocycles. The molecule has 0 heterocycles. The summed E-state index contributed by atoms with van der Waals surface area (Å²) in [5.74, 6) is -1.60. The number of benzene rings is 1. The zero-order valence-electron chi connectivity index (χ0n) is 8.83. The molecule has 0 saturated heterocycles. The Morgan fingerprint density at radius 2 is 2.00 bits per heavy atom. The maximum Gasteiger partial charge on any atom is 0.162 e. The Morgan fingerprint density at radius 1 is 1.25 bits per heavy atom. The van der Waals surface area contributed by atoms with Crippen molar-refractivity contribution in [3.63, 3.8) is 0 Å². The van der Waals surface area contributed by atoms with Gasteiger partial charge in [-0.3, -0.25) is 0 Å². The second kappa shape index (κ2) is 6.40. The molecule has 0 aliphatic rings. The van der Waals surface area contributed by atoms with Gasteiger partial charge in [-0.15, -0.1) is 0 Å².